The van der Waals surface area contributed by atoms with Gasteiger partial charge in [-0.15, -0.1) is 23.2 Å². The van der Waals surface area contributed by atoms with Gasteiger partial charge < -0.3 is 0 Å². The van der Waals surface area contributed by atoms with Crippen molar-refractivity contribution in [3.05, 3.63) is 71.5 Å². The Hall–Kier alpha value is -1.05. The van der Waals surface area contributed by atoms with Crippen LogP contribution in [0.2, 0.25) is 0 Å². The summed E-state index contributed by atoms with van der Waals surface area (Å²) < 4.78 is 13.3. The number of rotatable bonds is 5. The SMILES string of the molecule is Fc1cccc(CC(CCl)(CCl)c2ccccc2)c1. The zero-order valence-corrected chi connectivity index (χ0v) is 12.0. The fraction of sp³-hybridized carbons (Fsp3) is 0.250. The molecule has 100 valence electrons. The van der Waals surface area contributed by atoms with Crippen LogP contribution in [0.25, 0.3) is 0 Å². The predicted molar refractivity (Wildman–Crippen MR) is 79.7 cm³/mol. The molecule has 2 aromatic rings. The first-order chi connectivity index (χ1) is 9.20. The zero-order valence-electron chi connectivity index (χ0n) is 10.5. The molecular formula is C16H15Cl2F. The maximum Gasteiger partial charge on any atom is 0.123 e. The van der Waals surface area contributed by atoms with Gasteiger partial charge in [0, 0.05) is 17.2 Å². The molecule has 0 saturated carbocycles. The Morgan fingerprint density at radius 1 is 0.895 bits per heavy atom. The first-order valence-electron chi connectivity index (χ1n) is 6.12. The molecule has 0 spiro atoms. The van der Waals surface area contributed by atoms with Crippen LogP contribution in [-0.2, 0) is 11.8 Å². The van der Waals surface area contributed by atoms with Gasteiger partial charge in [0.05, 0.1) is 0 Å². The molecule has 0 atom stereocenters. The van der Waals surface area contributed by atoms with Gasteiger partial charge in [0.2, 0.25) is 0 Å². The summed E-state index contributed by atoms with van der Waals surface area (Å²) in [7, 11) is 0. The van der Waals surface area contributed by atoms with Crippen molar-refractivity contribution in [3.8, 4) is 0 Å². The van der Waals surface area contributed by atoms with Crippen molar-refractivity contribution in [1.82, 2.24) is 0 Å². The first-order valence-corrected chi connectivity index (χ1v) is 7.19. The van der Waals surface area contributed by atoms with E-state index in [9.17, 15) is 4.39 Å². The van der Waals surface area contributed by atoms with Crippen molar-refractivity contribution < 1.29 is 4.39 Å². The van der Waals surface area contributed by atoms with Crippen molar-refractivity contribution in [2.24, 2.45) is 0 Å². The third-order valence-corrected chi connectivity index (χ3v) is 4.35. The second kappa shape index (κ2) is 6.40. The van der Waals surface area contributed by atoms with Gasteiger partial charge in [-0.25, -0.2) is 4.39 Å². The third-order valence-electron chi connectivity index (χ3n) is 3.33. The van der Waals surface area contributed by atoms with Crippen molar-refractivity contribution in [2.45, 2.75) is 11.8 Å². The van der Waals surface area contributed by atoms with E-state index in [0.29, 0.717) is 18.2 Å². The van der Waals surface area contributed by atoms with E-state index < -0.39 is 0 Å². The first kappa shape index (κ1) is 14.4. The summed E-state index contributed by atoms with van der Waals surface area (Å²) in [6.07, 6.45) is 0.627. The van der Waals surface area contributed by atoms with Gasteiger partial charge in [0.25, 0.3) is 0 Å². The van der Waals surface area contributed by atoms with Gasteiger partial charge in [-0.1, -0.05) is 42.5 Å². The smallest absolute Gasteiger partial charge is 0.123 e. The van der Waals surface area contributed by atoms with E-state index in [0.717, 1.165) is 11.1 Å². The van der Waals surface area contributed by atoms with Gasteiger partial charge in [-0.2, -0.15) is 0 Å². The Morgan fingerprint density at radius 2 is 1.58 bits per heavy atom. The fourth-order valence-electron chi connectivity index (χ4n) is 2.22. The Labute approximate surface area is 123 Å². The van der Waals surface area contributed by atoms with Gasteiger partial charge in [-0.05, 0) is 29.7 Å². The normalized spacial score (nSPS) is 11.5. The van der Waals surface area contributed by atoms with Crippen LogP contribution in [0.4, 0.5) is 4.39 Å². The summed E-state index contributed by atoms with van der Waals surface area (Å²) >= 11 is 12.3. The van der Waals surface area contributed by atoms with E-state index >= 15 is 0 Å². The van der Waals surface area contributed by atoms with E-state index in [1.165, 1.54) is 12.1 Å². The average molecular weight is 297 g/mol. The lowest BCUT2D eigenvalue weighted by Gasteiger charge is -2.30. The largest absolute Gasteiger partial charge is 0.207 e. The maximum absolute atomic E-state index is 13.3. The molecule has 0 radical (unpaired) electrons. The van der Waals surface area contributed by atoms with Crippen molar-refractivity contribution >= 4 is 23.2 Å². The fourth-order valence-corrected chi connectivity index (χ4v) is 3.00. The summed E-state index contributed by atoms with van der Waals surface area (Å²) in [4.78, 5) is 0. The van der Waals surface area contributed by atoms with Crippen molar-refractivity contribution in [3.63, 3.8) is 0 Å². The number of alkyl halides is 2. The molecular weight excluding hydrogens is 282 g/mol. The van der Waals surface area contributed by atoms with E-state index in [-0.39, 0.29) is 11.2 Å². The summed E-state index contributed by atoms with van der Waals surface area (Å²) in [5.41, 5.74) is 1.63. The molecule has 0 aromatic heterocycles. The van der Waals surface area contributed by atoms with Gasteiger partial charge in [0.1, 0.15) is 5.82 Å². The van der Waals surface area contributed by atoms with Crippen LogP contribution >= 0.6 is 23.2 Å². The number of benzene rings is 2. The standard InChI is InChI=1S/C16H15Cl2F/c17-11-16(12-18,14-6-2-1-3-7-14)10-13-5-4-8-15(19)9-13/h1-9H,10-12H2. The molecule has 3 heteroatoms. The monoisotopic (exact) mass is 296 g/mol. The molecule has 0 nitrogen and oxygen atoms in total. The topological polar surface area (TPSA) is 0 Å². The van der Waals surface area contributed by atoms with Crippen LogP contribution in [0.5, 0.6) is 0 Å². The van der Waals surface area contributed by atoms with Gasteiger partial charge in [0.15, 0.2) is 0 Å². The highest BCUT2D eigenvalue weighted by molar-refractivity contribution is 6.22. The highest BCUT2D eigenvalue weighted by Gasteiger charge is 2.30. The summed E-state index contributed by atoms with van der Waals surface area (Å²) in [6, 6.07) is 16.5. The van der Waals surface area contributed by atoms with E-state index in [2.05, 4.69) is 0 Å². The molecule has 0 amide bonds. The number of hydrogen-bond donors (Lipinski definition) is 0. The lowest BCUT2D eigenvalue weighted by atomic mass is 9.79. The van der Waals surface area contributed by atoms with Crippen molar-refractivity contribution in [1.29, 1.82) is 0 Å². The molecule has 2 rings (SSSR count). The minimum atomic E-state index is -0.363. The number of hydrogen-bond acceptors (Lipinski definition) is 0. The summed E-state index contributed by atoms with van der Waals surface area (Å²) in [5, 5.41) is 0. The lowest BCUT2D eigenvalue weighted by Crippen LogP contribution is -2.33. The molecule has 0 saturated heterocycles. The van der Waals surface area contributed by atoms with Crippen LogP contribution in [0.1, 0.15) is 11.1 Å². The molecule has 0 unspecified atom stereocenters. The van der Waals surface area contributed by atoms with Crippen LogP contribution in [-0.4, -0.2) is 11.8 Å². The molecule has 19 heavy (non-hydrogen) atoms. The predicted octanol–water partition coefficient (Wildman–Crippen LogP) is 4.78. The third kappa shape index (κ3) is 3.29. The van der Waals surface area contributed by atoms with E-state index in [1.807, 2.05) is 36.4 Å². The van der Waals surface area contributed by atoms with Crippen molar-refractivity contribution in [2.75, 3.05) is 11.8 Å². The maximum atomic E-state index is 13.3. The molecule has 2 aromatic carbocycles. The highest BCUT2D eigenvalue weighted by atomic mass is 35.5. The molecule has 0 N–H and O–H groups in total. The molecule has 0 aliphatic rings. The highest BCUT2D eigenvalue weighted by Crippen LogP contribution is 2.31. The molecule has 0 fully saturated rings. The minimum Gasteiger partial charge on any atom is -0.207 e. The molecule has 0 aliphatic carbocycles. The molecule has 0 bridgehead atoms. The second-order valence-corrected chi connectivity index (χ2v) is 5.25. The van der Waals surface area contributed by atoms with Gasteiger partial charge >= 0.3 is 0 Å². The average Bonchev–Trinajstić information content (AvgIpc) is 2.46. The zero-order chi connectivity index (χ0) is 13.7. The Morgan fingerprint density at radius 3 is 2.16 bits per heavy atom. The Kier molecular flexibility index (Phi) is 4.84. The van der Waals surface area contributed by atoms with E-state index in [4.69, 9.17) is 23.2 Å². The lowest BCUT2D eigenvalue weighted by molar-refractivity contribution is 0.533. The second-order valence-electron chi connectivity index (χ2n) is 4.72. The summed E-state index contributed by atoms with van der Waals surface area (Å²) in [5.74, 6) is 0.567. The van der Waals surface area contributed by atoms with Gasteiger partial charge in [-0.3, -0.25) is 0 Å². The van der Waals surface area contributed by atoms with Crippen LogP contribution in [0, 0.1) is 5.82 Å². The Bertz CT molecular complexity index is 521. The van der Waals surface area contributed by atoms with E-state index in [1.54, 1.807) is 6.07 Å². The minimum absolute atomic E-state index is 0.233. The Balaban J connectivity index is 2.35. The number of halogens is 3. The molecule has 0 aliphatic heterocycles. The summed E-state index contributed by atoms with van der Waals surface area (Å²) in [6.45, 7) is 0. The van der Waals surface area contributed by atoms with Crippen LogP contribution in [0.3, 0.4) is 0 Å². The van der Waals surface area contributed by atoms with Crippen LogP contribution in [0.15, 0.2) is 54.6 Å². The quantitative estimate of drug-likeness (QED) is 0.696. The van der Waals surface area contributed by atoms with Crippen LogP contribution < -0.4 is 0 Å². The molecule has 0 heterocycles.